The third-order valence-electron chi connectivity index (χ3n) is 5.49. The van der Waals surface area contributed by atoms with Crippen LogP contribution in [-0.2, 0) is 12.8 Å². The molecule has 0 saturated heterocycles. The molecule has 0 unspecified atom stereocenters. The first-order chi connectivity index (χ1) is 12.4. The van der Waals surface area contributed by atoms with Crippen LogP contribution in [0, 0.1) is 12.7 Å². The number of carbonyl (C=O) groups is 1. The molecule has 0 radical (unpaired) electrons. The number of nitrogens with one attached hydrogen (secondary N) is 1. The van der Waals surface area contributed by atoms with Gasteiger partial charge in [0.1, 0.15) is 11.5 Å². The minimum absolute atomic E-state index is 0.230. The molecule has 1 aromatic carbocycles. The zero-order valence-electron chi connectivity index (χ0n) is 15.7. The predicted octanol–water partition coefficient (Wildman–Crippen LogP) is 3.06. The maximum atomic E-state index is 14.4. The van der Waals surface area contributed by atoms with Crippen molar-refractivity contribution in [3.05, 3.63) is 46.5 Å². The van der Waals surface area contributed by atoms with E-state index in [9.17, 15) is 9.18 Å². The summed E-state index contributed by atoms with van der Waals surface area (Å²) in [6, 6.07) is 5.06. The molecule has 0 fully saturated rings. The number of fused-ring (bicyclic) bond motifs is 1. The van der Waals surface area contributed by atoms with Crippen molar-refractivity contribution >= 4 is 5.91 Å². The summed E-state index contributed by atoms with van der Waals surface area (Å²) in [7, 11) is 0. The van der Waals surface area contributed by atoms with Crippen molar-refractivity contribution in [1.82, 2.24) is 15.1 Å². The van der Waals surface area contributed by atoms with Crippen LogP contribution in [0.2, 0.25) is 0 Å². The zero-order chi connectivity index (χ0) is 18.9. The summed E-state index contributed by atoms with van der Waals surface area (Å²) in [4.78, 5) is 12.7. The fraction of sp³-hybridized carbons (Fsp3) is 0.500. The first-order valence-electron chi connectivity index (χ1n) is 9.33. The fourth-order valence-electron chi connectivity index (χ4n) is 3.44. The number of aryl methyl sites for hydroxylation is 1. The van der Waals surface area contributed by atoms with Gasteiger partial charge in [0, 0.05) is 23.3 Å². The Hall–Kier alpha value is -2.21. The van der Waals surface area contributed by atoms with Gasteiger partial charge in [-0.05, 0) is 56.7 Å². The van der Waals surface area contributed by atoms with Gasteiger partial charge in [0.25, 0.3) is 5.91 Å². The molecule has 0 atom stereocenters. The number of nitrogens with two attached hydrogens (primary N) is 1. The van der Waals surface area contributed by atoms with E-state index in [0.717, 1.165) is 48.9 Å². The molecule has 26 heavy (non-hydrogen) atoms. The lowest BCUT2D eigenvalue weighted by molar-refractivity contribution is 0.0935. The van der Waals surface area contributed by atoms with E-state index in [1.54, 1.807) is 10.7 Å². The minimum atomic E-state index is -0.412. The summed E-state index contributed by atoms with van der Waals surface area (Å²) >= 11 is 0. The van der Waals surface area contributed by atoms with E-state index in [4.69, 9.17) is 5.73 Å². The number of halogens is 1. The number of nitrogens with zero attached hydrogens (tertiary/aromatic N) is 2. The number of amides is 1. The lowest BCUT2D eigenvalue weighted by Gasteiger charge is -2.26. The second-order valence-electron chi connectivity index (χ2n) is 7.25. The van der Waals surface area contributed by atoms with Gasteiger partial charge in [0.2, 0.25) is 0 Å². The van der Waals surface area contributed by atoms with Crippen molar-refractivity contribution in [3.8, 4) is 5.69 Å². The van der Waals surface area contributed by atoms with Crippen LogP contribution in [0.3, 0.4) is 0 Å². The largest absolute Gasteiger partial charge is 0.349 e. The Bertz CT molecular complexity index is 823. The molecule has 3 N–H and O–H groups in total. The maximum Gasteiger partial charge on any atom is 0.272 e. The maximum absolute atomic E-state index is 14.4. The second kappa shape index (κ2) is 7.19. The van der Waals surface area contributed by atoms with Gasteiger partial charge in [0.05, 0.1) is 0 Å². The molecule has 0 bridgehead atoms. The van der Waals surface area contributed by atoms with E-state index in [2.05, 4.69) is 10.4 Å². The lowest BCUT2D eigenvalue weighted by Crippen LogP contribution is -2.49. The number of benzene rings is 1. The van der Waals surface area contributed by atoms with Crippen LogP contribution in [-0.4, -0.2) is 27.8 Å². The molecule has 0 saturated carbocycles. The second-order valence-corrected chi connectivity index (χ2v) is 7.25. The first-order valence-corrected chi connectivity index (χ1v) is 9.33. The van der Waals surface area contributed by atoms with Gasteiger partial charge in [-0.3, -0.25) is 4.79 Å². The Labute approximate surface area is 153 Å². The van der Waals surface area contributed by atoms with Gasteiger partial charge >= 0.3 is 0 Å². The number of aromatic nitrogens is 2. The molecular formula is C20H27FN4O. The van der Waals surface area contributed by atoms with Crippen LogP contribution in [0.15, 0.2) is 18.2 Å². The molecule has 1 aliphatic carbocycles. The molecular weight excluding hydrogens is 331 g/mol. The smallest absolute Gasteiger partial charge is 0.272 e. The van der Waals surface area contributed by atoms with E-state index in [0.29, 0.717) is 17.9 Å². The molecule has 1 amide bonds. The third kappa shape index (κ3) is 3.38. The van der Waals surface area contributed by atoms with Crippen LogP contribution in [0.5, 0.6) is 0 Å². The van der Waals surface area contributed by atoms with E-state index in [1.165, 1.54) is 6.07 Å². The standard InChI is InChI=1S/C20H27FN4O/c1-4-20(22,5-2)12-23-19(26)18-14-7-6-8-16(14)25(24-18)17-10-9-13(3)11-15(17)21/h9-11H,4-8,12,22H2,1-3H3,(H,23,26). The molecule has 3 rings (SSSR count). The van der Waals surface area contributed by atoms with Crippen LogP contribution in [0.1, 0.15) is 60.4 Å². The molecule has 0 aliphatic heterocycles. The summed E-state index contributed by atoms with van der Waals surface area (Å²) in [5.41, 5.74) is 9.37. The average Bonchev–Trinajstić information content (AvgIpc) is 3.22. The minimum Gasteiger partial charge on any atom is -0.349 e. The topological polar surface area (TPSA) is 72.9 Å². The van der Waals surface area contributed by atoms with E-state index >= 15 is 0 Å². The van der Waals surface area contributed by atoms with Crippen LogP contribution in [0.4, 0.5) is 4.39 Å². The van der Waals surface area contributed by atoms with Gasteiger partial charge in [-0.2, -0.15) is 5.10 Å². The van der Waals surface area contributed by atoms with Crippen LogP contribution >= 0.6 is 0 Å². The normalized spacial score (nSPS) is 13.7. The number of rotatable bonds is 6. The Morgan fingerprint density at radius 1 is 1.35 bits per heavy atom. The molecule has 1 aliphatic rings. The predicted molar refractivity (Wildman–Crippen MR) is 100 cm³/mol. The highest BCUT2D eigenvalue weighted by Crippen LogP contribution is 2.29. The van der Waals surface area contributed by atoms with Gasteiger partial charge < -0.3 is 11.1 Å². The number of hydrogen-bond acceptors (Lipinski definition) is 3. The average molecular weight is 358 g/mol. The highest BCUT2D eigenvalue weighted by molar-refractivity contribution is 5.94. The van der Waals surface area contributed by atoms with Crippen molar-refractivity contribution in [2.75, 3.05) is 6.54 Å². The highest BCUT2D eigenvalue weighted by atomic mass is 19.1. The van der Waals surface area contributed by atoms with Crippen LogP contribution in [0.25, 0.3) is 5.69 Å². The SMILES string of the molecule is CCC(N)(CC)CNC(=O)c1nn(-c2ccc(C)cc2F)c2c1CCC2. The zero-order valence-corrected chi connectivity index (χ0v) is 15.7. The van der Waals surface area contributed by atoms with E-state index < -0.39 is 5.54 Å². The molecule has 6 heteroatoms. The van der Waals surface area contributed by atoms with E-state index in [1.807, 2.05) is 26.8 Å². The third-order valence-corrected chi connectivity index (χ3v) is 5.49. The van der Waals surface area contributed by atoms with Crippen LogP contribution < -0.4 is 11.1 Å². The Kier molecular flexibility index (Phi) is 5.14. The number of carbonyl (C=O) groups excluding carboxylic acids is 1. The van der Waals surface area contributed by atoms with Crippen molar-refractivity contribution in [3.63, 3.8) is 0 Å². The van der Waals surface area contributed by atoms with Gasteiger partial charge in [-0.25, -0.2) is 9.07 Å². The van der Waals surface area contributed by atoms with Gasteiger partial charge in [-0.15, -0.1) is 0 Å². The lowest BCUT2D eigenvalue weighted by atomic mass is 9.94. The van der Waals surface area contributed by atoms with Gasteiger partial charge in [-0.1, -0.05) is 19.9 Å². The molecule has 5 nitrogen and oxygen atoms in total. The summed E-state index contributed by atoms with van der Waals surface area (Å²) in [6.45, 7) is 6.28. The molecule has 0 spiro atoms. The Morgan fingerprint density at radius 2 is 2.08 bits per heavy atom. The molecule has 2 aromatic rings. The Balaban J connectivity index is 1.91. The quantitative estimate of drug-likeness (QED) is 0.833. The molecule has 1 aromatic heterocycles. The first kappa shape index (κ1) is 18.6. The summed E-state index contributed by atoms with van der Waals surface area (Å²) in [5, 5.41) is 7.39. The molecule has 1 heterocycles. The summed E-state index contributed by atoms with van der Waals surface area (Å²) in [5.74, 6) is -0.557. The van der Waals surface area contributed by atoms with Crippen molar-refractivity contribution < 1.29 is 9.18 Å². The Morgan fingerprint density at radius 3 is 2.73 bits per heavy atom. The van der Waals surface area contributed by atoms with Crippen molar-refractivity contribution in [2.45, 2.75) is 58.4 Å². The van der Waals surface area contributed by atoms with E-state index in [-0.39, 0.29) is 11.7 Å². The van der Waals surface area contributed by atoms with Crippen molar-refractivity contribution in [2.24, 2.45) is 5.73 Å². The number of hydrogen-bond donors (Lipinski definition) is 2. The highest BCUT2D eigenvalue weighted by Gasteiger charge is 2.29. The monoisotopic (exact) mass is 358 g/mol. The molecule has 140 valence electrons. The fourth-order valence-corrected chi connectivity index (χ4v) is 3.44. The summed E-state index contributed by atoms with van der Waals surface area (Å²) < 4.78 is 16.0. The van der Waals surface area contributed by atoms with Gasteiger partial charge in [0.15, 0.2) is 5.69 Å². The summed E-state index contributed by atoms with van der Waals surface area (Å²) in [6.07, 6.45) is 4.11. The van der Waals surface area contributed by atoms with Crippen molar-refractivity contribution in [1.29, 1.82) is 0 Å².